The summed E-state index contributed by atoms with van der Waals surface area (Å²) in [6.07, 6.45) is -4.79. The van der Waals surface area contributed by atoms with Crippen molar-refractivity contribution in [2.75, 3.05) is 0 Å². The van der Waals surface area contributed by atoms with Gasteiger partial charge in [-0.15, -0.1) is 0 Å². The zero-order valence-electron chi connectivity index (χ0n) is 16.6. The first-order chi connectivity index (χ1) is 12.5. The predicted octanol–water partition coefficient (Wildman–Crippen LogP) is 6.80. The summed E-state index contributed by atoms with van der Waals surface area (Å²) < 4.78 is 75.3. The van der Waals surface area contributed by atoms with Crippen LogP contribution in [0.5, 0.6) is 0 Å². The van der Waals surface area contributed by atoms with Gasteiger partial charge in [-0.25, -0.2) is 0 Å². The summed E-state index contributed by atoms with van der Waals surface area (Å²) in [6.45, 7) is 10.3. The van der Waals surface area contributed by atoms with Gasteiger partial charge in [-0.3, -0.25) is 9.97 Å². The lowest BCUT2D eigenvalue weighted by Crippen LogP contribution is -2.21. The van der Waals surface area contributed by atoms with Crippen LogP contribution in [0.1, 0.15) is 63.9 Å². The van der Waals surface area contributed by atoms with Crippen LogP contribution in [0.25, 0.3) is 0 Å². The molecule has 0 aliphatic carbocycles. The Morgan fingerprint density at radius 1 is 0.643 bits per heavy atom. The van der Waals surface area contributed by atoms with E-state index in [-0.39, 0.29) is 11.3 Å². The molecule has 0 aliphatic heterocycles. The first-order valence-corrected chi connectivity index (χ1v) is 8.50. The highest BCUT2D eigenvalue weighted by atomic mass is 19.4. The molecule has 156 valence electrons. The molecule has 0 amide bonds. The second kappa shape index (κ2) is 8.09. The summed E-state index contributed by atoms with van der Waals surface area (Å²) in [5.74, 6) is 0. The van der Waals surface area contributed by atoms with Gasteiger partial charge < -0.3 is 0 Å². The molecule has 2 aromatic heterocycles. The lowest BCUT2D eigenvalue weighted by molar-refractivity contribution is -0.139. The van der Waals surface area contributed by atoms with E-state index in [0.717, 1.165) is 18.3 Å². The zero-order valence-corrected chi connectivity index (χ0v) is 16.6. The quantitative estimate of drug-likeness (QED) is 0.450. The lowest BCUT2D eigenvalue weighted by atomic mass is 9.85. The third-order valence-electron chi connectivity index (χ3n) is 3.76. The van der Waals surface area contributed by atoms with Crippen LogP contribution in [0.2, 0.25) is 0 Å². The maximum absolute atomic E-state index is 12.6. The molecule has 0 saturated heterocycles. The summed E-state index contributed by atoms with van der Waals surface area (Å²) in [5, 5.41) is 0. The largest absolute Gasteiger partial charge is 0.418 e. The molecule has 0 unspecified atom stereocenters. The van der Waals surface area contributed by atoms with E-state index in [9.17, 15) is 26.3 Å². The standard InChI is InChI=1S/2C10H12F3N/c1-9(2,3)8-6-14-5-4-7(8)10(11,12)13;1-9(2,3)8-7(10(11,12)13)5-4-6-14-8/h2*4-6H,1-3H3. The number of hydrogen-bond donors (Lipinski definition) is 0. The van der Waals surface area contributed by atoms with Crippen molar-refractivity contribution in [3.63, 3.8) is 0 Å². The highest BCUT2D eigenvalue weighted by molar-refractivity contribution is 5.32. The summed E-state index contributed by atoms with van der Waals surface area (Å²) in [4.78, 5) is 7.52. The van der Waals surface area contributed by atoms with Gasteiger partial charge in [0.25, 0.3) is 0 Å². The average molecular weight is 406 g/mol. The van der Waals surface area contributed by atoms with Crippen LogP contribution in [0.15, 0.2) is 36.8 Å². The Hall–Kier alpha value is -2.12. The molecule has 0 N–H and O–H groups in total. The van der Waals surface area contributed by atoms with Gasteiger partial charge in [-0.05, 0) is 29.2 Å². The molecule has 2 aromatic rings. The lowest BCUT2D eigenvalue weighted by Gasteiger charge is -2.23. The highest BCUT2D eigenvalue weighted by Crippen LogP contribution is 2.37. The van der Waals surface area contributed by atoms with E-state index >= 15 is 0 Å². The van der Waals surface area contributed by atoms with E-state index in [0.29, 0.717) is 0 Å². The molecule has 0 atom stereocenters. The number of hydrogen-bond acceptors (Lipinski definition) is 2. The van der Waals surface area contributed by atoms with E-state index in [1.165, 1.54) is 18.5 Å². The van der Waals surface area contributed by atoms with Crippen molar-refractivity contribution in [2.24, 2.45) is 0 Å². The number of pyridine rings is 2. The van der Waals surface area contributed by atoms with Crippen molar-refractivity contribution in [3.8, 4) is 0 Å². The Kier molecular flexibility index (Phi) is 6.91. The van der Waals surface area contributed by atoms with Gasteiger partial charge in [-0.2, -0.15) is 26.3 Å². The fourth-order valence-corrected chi connectivity index (χ4v) is 2.47. The minimum atomic E-state index is -4.32. The van der Waals surface area contributed by atoms with Crippen molar-refractivity contribution < 1.29 is 26.3 Å². The highest BCUT2D eigenvalue weighted by Gasteiger charge is 2.37. The fourth-order valence-electron chi connectivity index (χ4n) is 2.47. The molecule has 2 rings (SSSR count). The average Bonchev–Trinajstić information content (AvgIpc) is 2.52. The third-order valence-corrected chi connectivity index (χ3v) is 3.76. The van der Waals surface area contributed by atoms with E-state index in [4.69, 9.17) is 0 Å². The smallest absolute Gasteiger partial charge is 0.264 e. The SMILES string of the molecule is CC(C)(C)c1cnccc1C(F)(F)F.CC(C)(C)c1ncccc1C(F)(F)F. The normalized spacial score (nSPS) is 13.0. The molecular weight excluding hydrogens is 382 g/mol. The van der Waals surface area contributed by atoms with E-state index < -0.39 is 34.3 Å². The van der Waals surface area contributed by atoms with Crippen molar-refractivity contribution >= 4 is 0 Å². The van der Waals surface area contributed by atoms with Crippen LogP contribution < -0.4 is 0 Å². The molecule has 2 nitrogen and oxygen atoms in total. The Morgan fingerprint density at radius 2 is 1.18 bits per heavy atom. The predicted molar refractivity (Wildman–Crippen MR) is 95.9 cm³/mol. The molecule has 0 spiro atoms. The molecule has 0 fully saturated rings. The number of halogens is 6. The van der Waals surface area contributed by atoms with Crippen LogP contribution in [-0.4, -0.2) is 9.97 Å². The van der Waals surface area contributed by atoms with Crippen molar-refractivity contribution in [1.29, 1.82) is 0 Å². The molecule has 0 bridgehead atoms. The van der Waals surface area contributed by atoms with E-state index in [1.54, 1.807) is 41.5 Å². The van der Waals surface area contributed by atoms with Gasteiger partial charge in [0, 0.05) is 24.0 Å². The van der Waals surface area contributed by atoms with Crippen molar-refractivity contribution in [3.05, 3.63) is 59.2 Å². The van der Waals surface area contributed by atoms with Gasteiger partial charge in [0.15, 0.2) is 0 Å². The maximum Gasteiger partial charge on any atom is 0.418 e. The number of nitrogens with zero attached hydrogens (tertiary/aromatic N) is 2. The Balaban J connectivity index is 0.000000280. The number of alkyl halides is 6. The first-order valence-electron chi connectivity index (χ1n) is 8.50. The monoisotopic (exact) mass is 406 g/mol. The minimum Gasteiger partial charge on any atom is -0.264 e. The first kappa shape index (κ1) is 23.9. The fraction of sp³-hybridized carbons (Fsp3) is 0.500. The zero-order chi connectivity index (χ0) is 22.0. The molecule has 0 aromatic carbocycles. The van der Waals surface area contributed by atoms with Crippen LogP contribution >= 0.6 is 0 Å². The van der Waals surface area contributed by atoms with Crippen LogP contribution in [-0.2, 0) is 23.2 Å². The number of aromatic nitrogens is 2. The third kappa shape index (κ3) is 6.49. The summed E-state index contributed by atoms with van der Waals surface area (Å²) in [7, 11) is 0. The Morgan fingerprint density at radius 3 is 1.54 bits per heavy atom. The maximum atomic E-state index is 12.6. The summed E-state index contributed by atoms with van der Waals surface area (Å²) >= 11 is 0. The van der Waals surface area contributed by atoms with E-state index in [1.807, 2.05) is 0 Å². The second-order valence-corrected chi connectivity index (χ2v) is 8.32. The molecule has 2 heterocycles. The Bertz CT molecular complexity index is 647. The van der Waals surface area contributed by atoms with Gasteiger partial charge in [0.1, 0.15) is 0 Å². The number of rotatable bonds is 0. The van der Waals surface area contributed by atoms with Gasteiger partial charge >= 0.3 is 12.4 Å². The topological polar surface area (TPSA) is 25.8 Å². The van der Waals surface area contributed by atoms with Crippen molar-refractivity contribution in [2.45, 2.75) is 64.7 Å². The van der Waals surface area contributed by atoms with Crippen LogP contribution in [0, 0.1) is 0 Å². The minimum absolute atomic E-state index is 0.0903. The van der Waals surface area contributed by atoms with E-state index in [2.05, 4.69) is 9.97 Å². The molecule has 28 heavy (non-hydrogen) atoms. The van der Waals surface area contributed by atoms with Gasteiger partial charge in [-0.1, -0.05) is 41.5 Å². The van der Waals surface area contributed by atoms with Crippen LogP contribution in [0.3, 0.4) is 0 Å². The second-order valence-electron chi connectivity index (χ2n) is 8.32. The van der Waals surface area contributed by atoms with Gasteiger partial charge in [0.2, 0.25) is 0 Å². The Labute approximate surface area is 161 Å². The van der Waals surface area contributed by atoms with Crippen LogP contribution in [0.4, 0.5) is 26.3 Å². The molecular formula is C20H24F6N2. The summed E-state index contributed by atoms with van der Waals surface area (Å²) in [5.41, 5.74) is -2.06. The molecule has 0 radical (unpaired) electrons. The summed E-state index contributed by atoms with van der Waals surface area (Å²) in [6, 6.07) is 3.38. The molecule has 8 heteroatoms. The van der Waals surface area contributed by atoms with Gasteiger partial charge in [0.05, 0.1) is 16.8 Å². The molecule has 0 saturated carbocycles. The van der Waals surface area contributed by atoms with Crippen molar-refractivity contribution in [1.82, 2.24) is 9.97 Å². The molecule has 0 aliphatic rings.